The van der Waals surface area contributed by atoms with Crippen LogP contribution >= 0.6 is 0 Å². The molecule has 1 unspecified atom stereocenters. The van der Waals surface area contributed by atoms with Crippen LogP contribution in [0.5, 0.6) is 11.6 Å². The number of fused-ring (bicyclic) bond motifs is 1. The van der Waals surface area contributed by atoms with Crippen LogP contribution < -0.4 is 20.5 Å². The number of hydrogen-bond donors (Lipinski definition) is 4. The van der Waals surface area contributed by atoms with E-state index in [4.69, 9.17) is 25.4 Å². The predicted molar refractivity (Wildman–Crippen MR) is 125 cm³/mol. The number of amides is 1. The second-order valence-corrected chi connectivity index (χ2v) is 7.51. The minimum absolute atomic E-state index is 0.406. The Bertz CT molecular complexity index is 1170. The highest BCUT2D eigenvalue weighted by atomic mass is 16.5. The van der Waals surface area contributed by atoms with Crippen molar-refractivity contribution in [3.63, 3.8) is 0 Å². The number of pyridine rings is 1. The molecule has 2 heterocycles. The Labute approximate surface area is 197 Å². The van der Waals surface area contributed by atoms with Crippen LogP contribution in [0.25, 0.3) is 0 Å². The number of nitrogens with one attached hydrogen (secondary N) is 1. The Balaban J connectivity index is 0.000000604. The molecule has 1 aliphatic heterocycles. The molecule has 0 spiro atoms. The molecule has 0 aliphatic carbocycles. The number of aryl methyl sites for hydroxylation is 1. The van der Waals surface area contributed by atoms with Gasteiger partial charge in [-0.25, -0.2) is 9.78 Å². The van der Waals surface area contributed by atoms with Gasteiger partial charge in [-0.1, -0.05) is 6.07 Å². The summed E-state index contributed by atoms with van der Waals surface area (Å²) in [6.07, 6.45) is 0.497. The average Bonchev–Trinajstić information content (AvgIpc) is 2.80. The van der Waals surface area contributed by atoms with Gasteiger partial charge in [-0.15, -0.1) is 0 Å². The lowest BCUT2D eigenvalue weighted by Gasteiger charge is -2.32. The van der Waals surface area contributed by atoms with Crippen LogP contribution in [0.4, 0.5) is 5.69 Å². The monoisotopic (exact) mass is 468 g/mol. The van der Waals surface area contributed by atoms with E-state index in [1.54, 1.807) is 24.4 Å². The number of aliphatic hydroxyl groups is 1. The van der Waals surface area contributed by atoms with E-state index in [1.165, 1.54) is 14.0 Å². The number of carbonyl (C=O) groups excluding carboxylic acids is 1. The Hall–Kier alpha value is -4.10. The highest BCUT2D eigenvalue weighted by Crippen LogP contribution is 2.48. The third kappa shape index (κ3) is 5.44. The van der Waals surface area contributed by atoms with E-state index < -0.39 is 23.9 Å². The lowest BCUT2D eigenvalue weighted by Crippen LogP contribution is -2.28. The van der Waals surface area contributed by atoms with E-state index in [2.05, 4.69) is 16.4 Å². The number of aliphatic carboxylic acids is 1. The van der Waals surface area contributed by atoms with Gasteiger partial charge in [0, 0.05) is 23.0 Å². The van der Waals surface area contributed by atoms with Crippen LogP contribution in [0.2, 0.25) is 0 Å². The maximum atomic E-state index is 12.4. The van der Waals surface area contributed by atoms with Crippen LogP contribution in [0.15, 0.2) is 35.7 Å². The molecule has 1 amide bonds. The first kappa shape index (κ1) is 26.2. The summed E-state index contributed by atoms with van der Waals surface area (Å²) in [5.74, 6) is -1.35. The van der Waals surface area contributed by atoms with Crippen molar-refractivity contribution < 1.29 is 29.3 Å². The number of nitrogens with zero attached hydrogens (tertiary/aromatic N) is 2. The van der Waals surface area contributed by atoms with Crippen LogP contribution in [0.1, 0.15) is 48.9 Å². The number of carbonyl (C=O) groups is 2. The molecule has 34 heavy (non-hydrogen) atoms. The number of primary amides is 1. The summed E-state index contributed by atoms with van der Waals surface area (Å²) in [5, 5.41) is 28.3. The molecule has 5 N–H and O–H groups in total. The first-order chi connectivity index (χ1) is 16.1. The summed E-state index contributed by atoms with van der Waals surface area (Å²) in [6, 6.07) is 7.22. The molecule has 0 saturated carbocycles. The molecule has 3 rings (SSSR count). The van der Waals surface area contributed by atoms with E-state index in [0.29, 0.717) is 40.6 Å². The first-order valence-electron chi connectivity index (χ1n) is 10.5. The SMILES string of the molecule is CC(O)C(=O)O.CCOc1ncc(C)c2c1[C@H](c1ccc(C#N)cc1OC)C(C(N)=O)=C(C)N2. The molecule has 0 bridgehead atoms. The lowest BCUT2D eigenvalue weighted by molar-refractivity contribution is -0.145. The van der Waals surface area contributed by atoms with Crippen LogP contribution in [0.3, 0.4) is 0 Å². The molecule has 10 heteroatoms. The second-order valence-electron chi connectivity index (χ2n) is 7.51. The van der Waals surface area contributed by atoms with Gasteiger partial charge in [-0.3, -0.25) is 4.79 Å². The molecule has 2 aromatic rings. The number of nitrogens with two attached hydrogens (primary N) is 1. The normalized spacial score (nSPS) is 15.0. The summed E-state index contributed by atoms with van der Waals surface area (Å²) in [6.45, 7) is 7.24. The number of ether oxygens (including phenoxy) is 2. The maximum Gasteiger partial charge on any atom is 0.332 e. The highest BCUT2D eigenvalue weighted by molar-refractivity contribution is 5.98. The Morgan fingerprint density at radius 3 is 2.50 bits per heavy atom. The van der Waals surface area contributed by atoms with Gasteiger partial charge in [-0.2, -0.15) is 5.26 Å². The van der Waals surface area contributed by atoms with E-state index in [-0.39, 0.29) is 0 Å². The highest BCUT2D eigenvalue weighted by Gasteiger charge is 2.36. The van der Waals surface area contributed by atoms with Gasteiger partial charge in [0.1, 0.15) is 11.9 Å². The van der Waals surface area contributed by atoms with Gasteiger partial charge in [0.25, 0.3) is 0 Å². The minimum atomic E-state index is -1.23. The van der Waals surface area contributed by atoms with Crippen molar-refractivity contribution in [2.24, 2.45) is 5.73 Å². The first-order valence-corrected chi connectivity index (χ1v) is 10.5. The minimum Gasteiger partial charge on any atom is -0.496 e. The number of hydrogen-bond acceptors (Lipinski definition) is 8. The zero-order valence-corrected chi connectivity index (χ0v) is 19.7. The molecule has 180 valence electrons. The molecule has 1 aliphatic rings. The smallest absolute Gasteiger partial charge is 0.332 e. The van der Waals surface area contributed by atoms with Crippen molar-refractivity contribution in [1.82, 2.24) is 4.98 Å². The zero-order valence-electron chi connectivity index (χ0n) is 19.7. The van der Waals surface area contributed by atoms with Gasteiger partial charge in [0.05, 0.1) is 42.5 Å². The number of methoxy groups -OCH3 is 1. The van der Waals surface area contributed by atoms with Crippen LogP contribution in [0, 0.1) is 18.3 Å². The largest absolute Gasteiger partial charge is 0.496 e. The molecule has 0 saturated heterocycles. The molecule has 2 atom stereocenters. The fourth-order valence-electron chi connectivity index (χ4n) is 3.57. The Kier molecular flexibility index (Phi) is 8.58. The summed E-state index contributed by atoms with van der Waals surface area (Å²) < 4.78 is 11.3. The third-order valence-electron chi connectivity index (χ3n) is 5.14. The summed E-state index contributed by atoms with van der Waals surface area (Å²) in [4.78, 5) is 26.3. The standard InChI is InChI=1S/C21H22N4O3.C3H6O3/c1-5-28-21-18-17(14-7-6-13(9-22)8-15(14)27-4)16(20(23)26)12(3)25-19(18)11(2)10-24-21;1-2(4)3(5)6/h6-8,10,17,25H,5H2,1-4H3,(H2,23,26);2,4H,1H3,(H,5,6)/t17-;/m1./s1. The molecule has 1 aromatic heterocycles. The van der Waals surface area contributed by atoms with E-state index in [1.807, 2.05) is 20.8 Å². The van der Waals surface area contributed by atoms with Crippen molar-refractivity contribution in [2.45, 2.75) is 39.7 Å². The van der Waals surface area contributed by atoms with E-state index in [9.17, 15) is 14.9 Å². The fourth-order valence-corrected chi connectivity index (χ4v) is 3.57. The van der Waals surface area contributed by atoms with Crippen LogP contribution in [-0.4, -0.2) is 46.9 Å². The molecular weight excluding hydrogens is 440 g/mol. The molecule has 0 radical (unpaired) electrons. The number of carboxylic acid groups (broad SMARTS) is 1. The summed E-state index contributed by atoms with van der Waals surface area (Å²) in [7, 11) is 1.53. The van der Waals surface area contributed by atoms with Crippen molar-refractivity contribution in [1.29, 1.82) is 5.26 Å². The van der Waals surface area contributed by atoms with Gasteiger partial charge in [0.15, 0.2) is 0 Å². The molecule has 10 nitrogen and oxygen atoms in total. The maximum absolute atomic E-state index is 12.4. The number of rotatable bonds is 6. The lowest BCUT2D eigenvalue weighted by atomic mass is 9.79. The van der Waals surface area contributed by atoms with E-state index >= 15 is 0 Å². The second kappa shape index (κ2) is 11.2. The summed E-state index contributed by atoms with van der Waals surface area (Å²) >= 11 is 0. The topological polar surface area (TPSA) is 168 Å². The van der Waals surface area contributed by atoms with Gasteiger partial charge >= 0.3 is 5.97 Å². The fraction of sp³-hybridized carbons (Fsp3) is 0.333. The van der Waals surface area contributed by atoms with E-state index in [0.717, 1.165) is 16.8 Å². The van der Waals surface area contributed by atoms with Gasteiger partial charge < -0.3 is 30.7 Å². The number of aromatic nitrogens is 1. The van der Waals surface area contributed by atoms with Crippen LogP contribution in [-0.2, 0) is 9.59 Å². The third-order valence-corrected chi connectivity index (χ3v) is 5.14. The van der Waals surface area contributed by atoms with Crippen molar-refractivity contribution in [3.8, 4) is 17.7 Å². The average molecular weight is 469 g/mol. The summed E-state index contributed by atoms with van der Waals surface area (Å²) in [5.41, 5.74) is 10.5. The molecule has 1 aromatic carbocycles. The number of carboxylic acids is 1. The Morgan fingerprint density at radius 1 is 1.35 bits per heavy atom. The van der Waals surface area contributed by atoms with Crippen molar-refractivity contribution in [3.05, 3.63) is 57.9 Å². The quantitative estimate of drug-likeness (QED) is 0.497. The number of benzene rings is 1. The number of nitriles is 1. The van der Waals surface area contributed by atoms with Crippen molar-refractivity contribution >= 4 is 17.6 Å². The Morgan fingerprint density at radius 2 is 2.00 bits per heavy atom. The number of aliphatic hydroxyl groups excluding tert-OH is 1. The van der Waals surface area contributed by atoms with Crippen molar-refractivity contribution in [2.75, 3.05) is 19.0 Å². The molecule has 0 fully saturated rings. The number of allylic oxidation sites excluding steroid dienone is 1. The predicted octanol–water partition coefficient (Wildman–Crippen LogP) is 2.44. The van der Waals surface area contributed by atoms with Gasteiger partial charge in [-0.05, 0) is 45.4 Å². The molecular formula is C24H28N4O6. The van der Waals surface area contributed by atoms with Gasteiger partial charge in [0.2, 0.25) is 11.8 Å². The number of anilines is 1. The zero-order chi connectivity index (χ0) is 25.6.